The van der Waals surface area contributed by atoms with Crippen LogP contribution in [0.5, 0.6) is 0 Å². The summed E-state index contributed by atoms with van der Waals surface area (Å²) in [6, 6.07) is 0. The molecule has 0 aromatic rings. The van der Waals surface area contributed by atoms with Crippen molar-refractivity contribution in [2.24, 2.45) is 0 Å². The second-order valence-electron chi connectivity index (χ2n) is 16.3. The smallest absolute Gasteiger partial charge is 0.462 e. The van der Waals surface area contributed by atoms with Gasteiger partial charge in [0.15, 0.2) is 6.10 Å². The third-order valence-corrected chi connectivity index (χ3v) is 11.7. The summed E-state index contributed by atoms with van der Waals surface area (Å²) in [5.41, 5.74) is 0. The maximum atomic E-state index is 12.7. The van der Waals surface area contributed by atoms with E-state index in [1.54, 1.807) is 7.05 Å². The van der Waals surface area contributed by atoms with E-state index in [0.29, 0.717) is 13.0 Å². The first-order valence-electron chi connectivity index (χ1n) is 24.0. The standard InChI is InChI=1S/C46H92NO8P/c1-4-6-8-10-12-14-16-18-20-22-24-26-28-30-32-34-36-38-45(48)52-42-44(43-54-56(50,51)53-41-40-47-3)55-46(49)39-37-35-33-31-29-27-25-23-21-19-17-15-13-11-9-7-5-2/h44,47H,4-43H2,1-3H3,(H,50,51)/t44-/m1/s1. The molecule has 0 spiro atoms. The topological polar surface area (TPSA) is 120 Å². The van der Waals surface area contributed by atoms with Crippen LogP contribution in [-0.2, 0) is 32.7 Å². The van der Waals surface area contributed by atoms with Gasteiger partial charge in [-0.3, -0.25) is 18.6 Å². The van der Waals surface area contributed by atoms with E-state index in [9.17, 15) is 19.0 Å². The van der Waals surface area contributed by atoms with Crippen molar-refractivity contribution >= 4 is 19.8 Å². The van der Waals surface area contributed by atoms with E-state index in [4.69, 9.17) is 18.5 Å². The molecule has 2 atom stereocenters. The van der Waals surface area contributed by atoms with Gasteiger partial charge in [-0.2, -0.15) is 0 Å². The van der Waals surface area contributed by atoms with E-state index in [-0.39, 0.29) is 25.6 Å². The lowest BCUT2D eigenvalue weighted by Gasteiger charge is -2.20. The van der Waals surface area contributed by atoms with Gasteiger partial charge < -0.3 is 19.7 Å². The molecular formula is C46H92NO8P. The molecule has 2 N–H and O–H groups in total. The number of ether oxygens (including phenoxy) is 2. The van der Waals surface area contributed by atoms with Crippen LogP contribution in [-0.4, -0.2) is 56.3 Å². The van der Waals surface area contributed by atoms with Crippen molar-refractivity contribution in [3.63, 3.8) is 0 Å². The molecular weight excluding hydrogens is 725 g/mol. The molecule has 0 fully saturated rings. The summed E-state index contributed by atoms with van der Waals surface area (Å²) >= 11 is 0. The molecule has 0 rings (SSSR count). The van der Waals surface area contributed by atoms with Gasteiger partial charge in [0.2, 0.25) is 0 Å². The SMILES string of the molecule is CCCCCCCCCCCCCCCCCCCC(=O)OC[C@H](COP(=O)(O)OCCNC)OC(=O)CCCCCCCCCCCCCCCCCCC. The molecule has 0 amide bonds. The molecule has 0 aliphatic rings. The molecule has 9 nitrogen and oxygen atoms in total. The van der Waals surface area contributed by atoms with Crippen LogP contribution in [0.25, 0.3) is 0 Å². The van der Waals surface area contributed by atoms with Gasteiger partial charge in [-0.15, -0.1) is 0 Å². The van der Waals surface area contributed by atoms with E-state index in [1.165, 1.54) is 180 Å². The minimum absolute atomic E-state index is 0.0115. The lowest BCUT2D eigenvalue weighted by Crippen LogP contribution is -2.29. The zero-order chi connectivity index (χ0) is 41.1. The number of hydrogen-bond donors (Lipinski definition) is 2. The van der Waals surface area contributed by atoms with Crippen LogP contribution in [0.2, 0.25) is 0 Å². The Labute approximate surface area is 346 Å². The molecule has 0 heterocycles. The number of carbonyl (C=O) groups is 2. The fourth-order valence-corrected chi connectivity index (χ4v) is 7.84. The molecule has 0 saturated heterocycles. The fourth-order valence-electron chi connectivity index (χ4n) is 7.09. The Kier molecular flexibility index (Phi) is 42.8. The zero-order valence-electron chi connectivity index (χ0n) is 37.1. The van der Waals surface area contributed by atoms with Gasteiger partial charge in [0, 0.05) is 19.4 Å². The number of phosphoric ester groups is 1. The number of rotatable bonds is 46. The van der Waals surface area contributed by atoms with Gasteiger partial charge in [-0.05, 0) is 19.9 Å². The number of nitrogens with one attached hydrogen (secondary N) is 1. The molecule has 0 saturated carbocycles. The highest BCUT2D eigenvalue weighted by atomic mass is 31.2. The van der Waals surface area contributed by atoms with Gasteiger partial charge in [-0.1, -0.05) is 219 Å². The Balaban J connectivity index is 4.11. The van der Waals surface area contributed by atoms with Crippen molar-refractivity contribution < 1.29 is 37.6 Å². The molecule has 0 aliphatic heterocycles. The van der Waals surface area contributed by atoms with Crippen molar-refractivity contribution in [2.45, 2.75) is 251 Å². The van der Waals surface area contributed by atoms with Crippen molar-refractivity contribution in [1.82, 2.24) is 5.32 Å². The summed E-state index contributed by atoms with van der Waals surface area (Å²) in [5, 5.41) is 2.83. The highest BCUT2D eigenvalue weighted by Gasteiger charge is 2.26. The highest BCUT2D eigenvalue weighted by Crippen LogP contribution is 2.43. The lowest BCUT2D eigenvalue weighted by atomic mass is 10.0. The fraction of sp³-hybridized carbons (Fsp3) is 0.957. The van der Waals surface area contributed by atoms with Crippen LogP contribution < -0.4 is 5.32 Å². The first kappa shape index (κ1) is 55.0. The number of esters is 2. The zero-order valence-corrected chi connectivity index (χ0v) is 38.0. The predicted molar refractivity (Wildman–Crippen MR) is 234 cm³/mol. The summed E-state index contributed by atoms with van der Waals surface area (Å²) in [6.07, 6.45) is 42.9. The Hall–Kier alpha value is -0.990. The third kappa shape index (κ3) is 42.6. The Bertz CT molecular complexity index is 891. The molecule has 0 aromatic heterocycles. The maximum absolute atomic E-state index is 12.7. The largest absolute Gasteiger partial charge is 0.472 e. The molecule has 334 valence electrons. The van der Waals surface area contributed by atoms with Gasteiger partial charge >= 0.3 is 19.8 Å². The molecule has 10 heteroatoms. The Morgan fingerprint density at radius 2 is 0.804 bits per heavy atom. The summed E-state index contributed by atoms with van der Waals surface area (Å²) in [4.78, 5) is 35.1. The molecule has 56 heavy (non-hydrogen) atoms. The summed E-state index contributed by atoms with van der Waals surface area (Å²) < 4.78 is 33.3. The third-order valence-electron chi connectivity index (χ3n) is 10.7. The van der Waals surface area contributed by atoms with Gasteiger partial charge in [0.05, 0.1) is 13.2 Å². The number of phosphoric acid groups is 1. The van der Waals surface area contributed by atoms with Crippen LogP contribution in [0.4, 0.5) is 0 Å². The monoisotopic (exact) mass is 818 g/mol. The molecule has 0 bridgehead atoms. The lowest BCUT2D eigenvalue weighted by molar-refractivity contribution is -0.161. The van der Waals surface area contributed by atoms with E-state index in [1.807, 2.05) is 0 Å². The first-order valence-corrected chi connectivity index (χ1v) is 25.5. The second-order valence-corrected chi connectivity index (χ2v) is 17.8. The van der Waals surface area contributed by atoms with Crippen LogP contribution in [0.1, 0.15) is 245 Å². The number of carbonyl (C=O) groups excluding carboxylic acids is 2. The van der Waals surface area contributed by atoms with E-state index in [0.717, 1.165) is 38.5 Å². The van der Waals surface area contributed by atoms with Gasteiger partial charge in [0.25, 0.3) is 0 Å². The minimum Gasteiger partial charge on any atom is -0.462 e. The Morgan fingerprint density at radius 1 is 0.482 bits per heavy atom. The van der Waals surface area contributed by atoms with Gasteiger partial charge in [0.1, 0.15) is 6.61 Å². The van der Waals surface area contributed by atoms with Crippen LogP contribution in [0.15, 0.2) is 0 Å². The van der Waals surface area contributed by atoms with Crippen molar-refractivity contribution in [3.05, 3.63) is 0 Å². The van der Waals surface area contributed by atoms with E-state index < -0.39 is 26.5 Å². The van der Waals surface area contributed by atoms with Crippen molar-refractivity contribution in [1.29, 1.82) is 0 Å². The van der Waals surface area contributed by atoms with E-state index in [2.05, 4.69) is 19.2 Å². The van der Waals surface area contributed by atoms with E-state index >= 15 is 0 Å². The quantitative estimate of drug-likeness (QED) is 0.0351. The predicted octanol–water partition coefficient (Wildman–Crippen LogP) is 13.9. The molecule has 0 radical (unpaired) electrons. The summed E-state index contributed by atoms with van der Waals surface area (Å²) in [6.45, 7) is 4.28. The van der Waals surface area contributed by atoms with Gasteiger partial charge in [-0.25, -0.2) is 4.57 Å². The average Bonchev–Trinajstić information content (AvgIpc) is 3.18. The normalized spacial score (nSPS) is 13.1. The maximum Gasteiger partial charge on any atom is 0.472 e. The first-order chi connectivity index (χ1) is 27.3. The van der Waals surface area contributed by atoms with Crippen LogP contribution >= 0.6 is 7.82 Å². The molecule has 0 aliphatic carbocycles. The summed E-state index contributed by atoms with van der Waals surface area (Å²) in [5.74, 6) is -0.787. The van der Waals surface area contributed by atoms with Crippen molar-refractivity contribution in [2.75, 3.05) is 33.4 Å². The van der Waals surface area contributed by atoms with Crippen LogP contribution in [0, 0.1) is 0 Å². The number of hydrogen-bond acceptors (Lipinski definition) is 8. The average molecular weight is 818 g/mol. The molecule has 1 unspecified atom stereocenters. The van der Waals surface area contributed by atoms with Crippen LogP contribution in [0.3, 0.4) is 0 Å². The number of likely N-dealkylation sites (N-methyl/N-ethyl adjacent to an activating group) is 1. The summed E-state index contributed by atoms with van der Waals surface area (Å²) in [7, 11) is -2.64. The number of unbranched alkanes of at least 4 members (excludes halogenated alkanes) is 32. The Morgan fingerprint density at radius 3 is 1.14 bits per heavy atom. The van der Waals surface area contributed by atoms with Crippen molar-refractivity contribution in [3.8, 4) is 0 Å². The molecule has 0 aromatic carbocycles. The second kappa shape index (κ2) is 43.6. The minimum atomic E-state index is -4.34. The highest BCUT2D eigenvalue weighted by molar-refractivity contribution is 7.47.